The molecule has 1 aromatic rings. The van der Waals surface area contributed by atoms with Crippen molar-refractivity contribution in [3.63, 3.8) is 0 Å². The van der Waals surface area contributed by atoms with Crippen molar-refractivity contribution in [1.29, 1.82) is 0 Å². The molecule has 2 aliphatic rings. The van der Waals surface area contributed by atoms with Crippen molar-refractivity contribution in [2.24, 2.45) is 0 Å². The van der Waals surface area contributed by atoms with Gasteiger partial charge in [-0.15, -0.1) is 11.6 Å². The molecule has 2 aliphatic heterocycles. The van der Waals surface area contributed by atoms with E-state index in [2.05, 4.69) is 0 Å². The zero-order valence-corrected chi connectivity index (χ0v) is 11.3. The van der Waals surface area contributed by atoms with Crippen LogP contribution in [-0.2, 0) is 9.59 Å². The number of halogens is 1. The highest BCUT2D eigenvalue weighted by atomic mass is 35.5. The van der Waals surface area contributed by atoms with Gasteiger partial charge in [0.25, 0.3) is 0 Å². The van der Waals surface area contributed by atoms with Crippen LogP contribution in [0.15, 0.2) is 24.3 Å². The fourth-order valence-corrected chi connectivity index (χ4v) is 2.93. The molecular weight excluding hydrogens is 264 g/mol. The molecule has 19 heavy (non-hydrogen) atoms. The Kier molecular flexibility index (Phi) is 3.19. The average Bonchev–Trinajstić information content (AvgIpc) is 2.95. The van der Waals surface area contributed by atoms with E-state index < -0.39 is 0 Å². The SMILES string of the molecule is O=C1CCCN1c1cccc(N2CC(Cl)CC2=O)c1. The molecule has 1 unspecified atom stereocenters. The van der Waals surface area contributed by atoms with Crippen molar-refractivity contribution in [1.82, 2.24) is 0 Å². The lowest BCUT2D eigenvalue weighted by atomic mass is 10.2. The van der Waals surface area contributed by atoms with Gasteiger partial charge in [0.2, 0.25) is 11.8 Å². The van der Waals surface area contributed by atoms with E-state index in [0.717, 1.165) is 24.3 Å². The van der Waals surface area contributed by atoms with Crippen molar-refractivity contribution < 1.29 is 9.59 Å². The third-order valence-electron chi connectivity index (χ3n) is 3.60. The molecule has 2 amide bonds. The van der Waals surface area contributed by atoms with Crippen molar-refractivity contribution in [2.45, 2.75) is 24.6 Å². The monoisotopic (exact) mass is 278 g/mol. The second-order valence-corrected chi connectivity index (χ2v) is 5.59. The summed E-state index contributed by atoms with van der Waals surface area (Å²) in [5.41, 5.74) is 1.69. The Balaban J connectivity index is 1.88. The summed E-state index contributed by atoms with van der Waals surface area (Å²) < 4.78 is 0. The summed E-state index contributed by atoms with van der Waals surface area (Å²) in [6, 6.07) is 7.57. The van der Waals surface area contributed by atoms with Crippen LogP contribution in [0.5, 0.6) is 0 Å². The number of hydrogen-bond acceptors (Lipinski definition) is 2. The molecule has 1 aromatic carbocycles. The van der Waals surface area contributed by atoms with Crippen molar-refractivity contribution in [2.75, 3.05) is 22.9 Å². The second-order valence-electron chi connectivity index (χ2n) is 4.97. The molecule has 5 heteroatoms. The Hall–Kier alpha value is -1.55. The predicted molar refractivity (Wildman–Crippen MR) is 74.6 cm³/mol. The highest BCUT2D eigenvalue weighted by molar-refractivity contribution is 6.24. The van der Waals surface area contributed by atoms with E-state index in [0.29, 0.717) is 19.4 Å². The molecule has 3 rings (SSSR count). The van der Waals surface area contributed by atoms with Crippen LogP contribution in [0.4, 0.5) is 11.4 Å². The van der Waals surface area contributed by atoms with Gasteiger partial charge >= 0.3 is 0 Å². The smallest absolute Gasteiger partial charge is 0.228 e. The molecule has 100 valence electrons. The first kappa shape index (κ1) is 12.5. The summed E-state index contributed by atoms with van der Waals surface area (Å²) in [5.74, 6) is 0.199. The Morgan fingerprint density at radius 2 is 1.84 bits per heavy atom. The van der Waals surface area contributed by atoms with Gasteiger partial charge in [0.1, 0.15) is 0 Å². The van der Waals surface area contributed by atoms with E-state index in [9.17, 15) is 9.59 Å². The minimum Gasteiger partial charge on any atom is -0.312 e. The summed E-state index contributed by atoms with van der Waals surface area (Å²) in [6.45, 7) is 1.30. The van der Waals surface area contributed by atoms with Gasteiger partial charge < -0.3 is 9.80 Å². The number of alkyl halides is 1. The van der Waals surface area contributed by atoms with Crippen LogP contribution >= 0.6 is 11.6 Å². The summed E-state index contributed by atoms with van der Waals surface area (Å²) >= 11 is 6.01. The zero-order chi connectivity index (χ0) is 13.4. The number of carbonyl (C=O) groups excluding carboxylic acids is 2. The third kappa shape index (κ3) is 2.32. The van der Waals surface area contributed by atoms with E-state index in [4.69, 9.17) is 11.6 Å². The maximum absolute atomic E-state index is 11.8. The van der Waals surface area contributed by atoms with Gasteiger partial charge in [0.05, 0.1) is 5.38 Å². The number of hydrogen-bond donors (Lipinski definition) is 0. The molecule has 0 N–H and O–H groups in total. The first-order valence-corrected chi connectivity index (χ1v) is 6.93. The zero-order valence-electron chi connectivity index (χ0n) is 10.5. The van der Waals surface area contributed by atoms with Crippen molar-refractivity contribution in [3.05, 3.63) is 24.3 Å². The largest absolute Gasteiger partial charge is 0.312 e. The van der Waals surface area contributed by atoms with Gasteiger partial charge in [0.15, 0.2) is 0 Å². The van der Waals surface area contributed by atoms with E-state index >= 15 is 0 Å². The molecule has 0 bridgehead atoms. The summed E-state index contributed by atoms with van der Waals surface area (Å²) in [7, 11) is 0. The lowest BCUT2D eigenvalue weighted by molar-refractivity contribution is -0.117. The fraction of sp³-hybridized carbons (Fsp3) is 0.429. The van der Waals surface area contributed by atoms with Gasteiger partial charge in [0, 0.05) is 37.3 Å². The Morgan fingerprint density at radius 1 is 1.11 bits per heavy atom. The van der Waals surface area contributed by atoms with Crippen LogP contribution < -0.4 is 9.80 Å². The number of anilines is 2. The molecule has 0 aromatic heterocycles. The number of benzene rings is 1. The van der Waals surface area contributed by atoms with Gasteiger partial charge in [-0.3, -0.25) is 9.59 Å². The van der Waals surface area contributed by atoms with E-state index in [1.54, 1.807) is 9.80 Å². The quantitative estimate of drug-likeness (QED) is 0.778. The molecule has 1 atom stereocenters. The summed E-state index contributed by atoms with van der Waals surface area (Å²) in [4.78, 5) is 27.1. The van der Waals surface area contributed by atoms with Crippen LogP contribution in [0, 0.1) is 0 Å². The maximum atomic E-state index is 11.8. The Morgan fingerprint density at radius 3 is 2.42 bits per heavy atom. The lowest BCUT2D eigenvalue weighted by Gasteiger charge is -2.20. The molecule has 2 fully saturated rings. The van der Waals surface area contributed by atoms with Crippen LogP contribution in [0.2, 0.25) is 0 Å². The molecule has 0 saturated carbocycles. The Bertz CT molecular complexity index is 532. The van der Waals surface area contributed by atoms with Gasteiger partial charge in [-0.2, -0.15) is 0 Å². The van der Waals surface area contributed by atoms with Crippen molar-refractivity contribution in [3.8, 4) is 0 Å². The highest BCUT2D eigenvalue weighted by Crippen LogP contribution is 2.29. The fourth-order valence-electron chi connectivity index (χ4n) is 2.66. The molecule has 0 spiro atoms. The Labute approximate surface area is 116 Å². The van der Waals surface area contributed by atoms with E-state index in [1.807, 2.05) is 24.3 Å². The average molecular weight is 279 g/mol. The summed E-state index contributed by atoms with van der Waals surface area (Å²) in [5, 5.41) is -0.121. The number of nitrogens with zero attached hydrogens (tertiary/aromatic N) is 2. The lowest BCUT2D eigenvalue weighted by Crippen LogP contribution is -2.26. The van der Waals surface area contributed by atoms with Crippen LogP contribution in [0.25, 0.3) is 0 Å². The molecule has 4 nitrogen and oxygen atoms in total. The molecular formula is C14H15ClN2O2. The number of rotatable bonds is 2. The first-order valence-electron chi connectivity index (χ1n) is 6.50. The van der Waals surface area contributed by atoms with Crippen LogP contribution in [0.3, 0.4) is 0 Å². The predicted octanol–water partition coefficient (Wildman–Crippen LogP) is 2.16. The van der Waals surface area contributed by atoms with Gasteiger partial charge in [-0.25, -0.2) is 0 Å². The maximum Gasteiger partial charge on any atom is 0.228 e. The molecule has 0 radical (unpaired) electrons. The van der Waals surface area contributed by atoms with Crippen LogP contribution in [0.1, 0.15) is 19.3 Å². The minimum absolute atomic E-state index is 0.0462. The number of amides is 2. The second kappa shape index (κ2) is 4.85. The van der Waals surface area contributed by atoms with E-state index in [1.165, 1.54) is 0 Å². The normalized spacial score (nSPS) is 23.5. The molecule has 2 heterocycles. The number of carbonyl (C=O) groups is 2. The van der Waals surface area contributed by atoms with E-state index in [-0.39, 0.29) is 17.2 Å². The summed E-state index contributed by atoms with van der Waals surface area (Å²) in [6.07, 6.45) is 1.89. The molecule has 0 aliphatic carbocycles. The highest BCUT2D eigenvalue weighted by Gasteiger charge is 2.30. The standard InChI is InChI=1S/C14H15ClN2O2/c15-10-7-14(19)17(9-10)12-4-1-3-11(8-12)16-6-2-5-13(16)18/h1,3-4,8,10H,2,5-7,9H2. The van der Waals surface area contributed by atoms with Crippen LogP contribution in [-0.4, -0.2) is 30.3 Å². The topological polar surface area (TPSA) is 40.6 Å². The minimum atomic E-state index is -0.121. The van der Waals surface area contributed by atoms with Gasteiger partial charge in [-0.1, -0.05) is 6.07 Å². The third-order valence-corrected chi connectivity index (χ3v) is 3.90. The molecule has 2 saturated heterocycles. The van der Waals surface area contributed by atoms with Crippen molar-refractivity contribution >= 4 is 34.8 Å². The first-order chi connectivity index (χ1) is 9.15. The van der Waals surface area contributed by atoms with Gasteiger partial charge in [-0.05, 0) is 24.6 Å².